The highest BCUT2D eigenvalue weighted by Gasteiger charge is 2.02. The third kappa shape index (κ3) is 3.05. The second-order valence-electron chi connectivity index (χ2n) is 3.59. The van der Waals surface area contributed by atoms with Crippen molar-refractivity contribution in [1.82, 2.24) is 0 Å². The van der Waals surface area contributed by atoms with Crippen LogP contribution in [0.3, 0.4) is 0 Å². The van der Waals surface area contributed by atoms with Crippen molar-refractivity contribution in [2.45, 2.75) is 4.90 Å². The standard InChI is InChI=1S/C14H13NO2S/c1-17-14-8-3-2-7-13(14)15-18-12-6-4-5-11(9-12)10-16/h2-10,15H,1H3. The molecule has 18 heavy (non-hydrogen) atoms. The zero-order chi connectivity index (χ0) is 12.8. The summed E-state index contributed by atoms with van der Waals surface area (Å²) in [5.41, 5.74) is 1.57. The van der Waals surface area contributed by atoms with Gasteiger partial charge in [0.25, 0.3) is 0 Å². The quantitative estimate of drug-likeness (QED) is 0.657. The molecule has 0 radical (unpaired) electrons. The molecule has 0 saturated heterocycles. The number of nitrogens with one attached hydrogen (secondary N) is 1. The fourth-order valence-corrected chi connectivity index (χ4v) is 2.23. The number of carbonyl (C=O) groups excluding carboxylic acids is 1. The smallest absolute Gasteiger partial charge is 0.150 e. The lowest BCUT2D eigenvalue weighted by atomic mass is 10.2. The van der Waals surface area contributed by atoms with Gasteiger partial charge < -0.3 is 9.46 Å². The molecule has 2 aromatic rings. The van der Waals surface area contributed by atoms with Crippen LogP contribution in [0.4, 0.5) is 5.69 Å². The fraction of sp³-hybridized carbons (Fsp3) is 0.0714. The van der Waals surface area contributed by atoms with Crippen LogP contribution in [0.1, 0.15) is 10.4 Å². The molecule has 1 N–H and O–H groups in total. The van der Waals surface area contributed by atoms with Gasteiger partial charge in [-0.05, 0) is 36.2 Å². The highest BCUT2D eigenvalue weighted by Crippen LogP contribution is 2.28. The first-order chi connectivity index (χ1) is 8.83. The molecule has 0 unspecified atom stereocenters. The molecule has 0 aliphatic carbocycles. The highest BCUT2D eigenvalue weighted by atomic mass is 32.2. The minimum atomic E-state index is 0.668. The number of carbonyl (C=O) groups is 1. The fourth-order valence-electron chi connectivity index (χ4n) is 1.49. The van der Waals surface area contributed by atoms with Crippen LogP contribution in [0.15, 0.2) is 53.4 Å². The van der Waals surface area contributed by atoms with Gasteiger partial charge in [-0.3, -0.25) is 4.79 Å². The van der Waals surface area contributed by atoms with E-state index in [1.807, 2.05) is 42.5 Å². The van der Waals surface area contributed by atoms with Crippen LogP contribution in [0.2, 0.25) is 0 Å². The van der Waals surface area contributed by atoms with Gasteiger partial charge in [0.15, 0.2) is 0 Å². The Balaban J connectivity index is 2.08. The van der Waals surface area contributed by atoms with Crippen molar-refractivity contribution in [3.63, 3.8) is 0 Å². The van der Waals surface area contributed by atoms with Gasteiger partial charge >= 0.3 is 0 Å². The van der Waals surface area contributed by atoms with E-state index in [4.69, 9.17) is 4.74 Å². The molecule has 0 amide bonds. The topological polar surface area (TPSA) is 38.3 Å². The second-order valence-corrected chi connectivity index (χ2v) is 4.47. The molecule has 0 fully saturated rings. The van der Waals surface area contributed by atoms with Gasteiger partial charge in [-0.15, -0.1) is 0 Å². The number of para-hydroxylation sites is 2. The molecule has 0 saturated carbocycles. The summed E-state index contributed by atoms with van der Waals surface area (Å²) >= 11 is 1.44. The van der Waals surface area contributed by atoms with Crippen LogP contribution < -0.4 is 9.46 Å². The van der Waals surface area contributed by atoms with E-state index in [0.717, 1.165) is 22.6 Å². The first-order valence-electron chi connectivity index (χ1n) is 5.44. The van der Waals surface area contributed by atoms with E-state index in [-0.39, 0.29) is 0 Å². The number of aldehydes is 1. The van der Waals surface area contributed by atoms with Crippen molar-refractivity contribution in [2.24, 2.45) is 0 Å². The first kappa shape index (κ1) is 12.5. The van der Waals surface area contributed by atoms with E-state index in [2.05, 4.69) is 4.72 Å². The number of benzene rings is 2. The van der Waals surface area contributed by atoms with E-state index >= 15 is 0 Å². The van der Waals surface area contributed by atoms with Gasteiger partial charge in [0, 0.05) is 10.5 Å². The lowest BCUT2D eigenvalue weighted by Crippen LogP contribution is -1.92. The normalized spacial score (nSPS) is 9.83. The lowest BCUT2D eigenvalue weighted by Gasteiger charge is -2.09. The number of methoxy groups -OCH3 is 1. The molecule has 0 bridgehead atoms. The summed E-state index contributed by atoms with van der Waals surface area (Å²) in [6.45, 7) is 0. The Bertz CT molecular complexity index is 543. The van der Waals surface area contributed by atoms with Crippen molar-refractivity contribution in [3.8, 4) is 5.75 Å². The molecule has 0 heterocycles. The van der Waals surface area contributed by atoms with Crippen LogP contribution in [0.25, 0.3) is 0 Å². The zero-order valence-corrected chi connectivity index (χ0v) is 10.7. The number of hydrogen-bond donors (Lipinski definition) is 1. The van der Waals surface area contributed by atoms with Crippen LogP contribution in [-0.2, 0) is 0 Å². The zero-order valence-electron chi connectivity index (χ0n) is 9.92. The van der Waals surface area contributed by atoms with Gasteiger partial charge in [-0.25, -0.2) is 0 Å². The van der Waals surface area contributed by atoms with Crippen LogP contribution in [0.5, 0.6) is 5.75 Å². The van der Waals surface area contributed by atoms with Crippen LogP contribution in [-0.4, -0.2) is 13.4 Å². The summed E-state index contributed by atoms with van der Waals surface area (Å²) in [4.78, 5) is 11.7. The van der Waals surface area contributed by atoms with E-state index in [1.165, 1.54) is 11.9 Å². The molecule has 0 spiro atoms. The molecule has 2 rings (SSSR count). The van der Waals surface area contributed by atoms with E-state index < -0.39 is 0 Å². The summed E-state index contributed by atoms with van der Waals surface area (Å²) in [6, 6.07) is 15.1. The third-order valence-electron chi connectivity index (χ3n) is 2.38. The number of ether oxygens (including phenoxy) is 1. The van der Waals surface area contributed by atoms with Gasteiger partial charge in [0.05, 0.1) is 12.8 Å². The minimum absolute atomic E-state index is 0.668. The van der Waals surface area contributed by atoms with Crippen molar-refractivity contribution in [1.29, 1.82) is 0 Å². The molecule has 0 aliphatic rings. The molecule has 0 aromatic heterocycles. The Kier molecular flexibility index (Phi) is 4.25. The summed E-state index contributed by atoms with van der Waals surface area (Å²) in [6.07, 6.45) is 0.840. The van der Waals surface area contributed by atoms with E-state index in [9.17, 15) is 4.79 Å². The summed E-state index contributed by atoms with van der Waals surface area (Å²) in [5.74, 6) is 0.788. The van der Waals surface area contributed by atoms with Gasteiger partial charge in [-0.2, -0.15) is 0 Å². The lowest BCUT2D eigenvalue weighted by molar-refractivity contribution is 0.112. The molecule has 3 nitrogen and oxygen atoms in total. The molecule has 0 aliphatic heterocycles. The molecular weight excluding hydrogens is 246 g/mol. The molecular formula is C14H13NO2S. The Morgan fingerprint density at radius 3 is 2.78 bits per heavy atom. The Morgan fingerprint density at radius 1 is 1.17 bits per heavy atom. The maximum Gasteiger partial charge on any atom is 0.150 e. The summed E-state index contributed by atoms with van der Waals surface area (Å²) in [5, 5.41) is 0. The molecule has 2 aromatic carbocycles. The van der Waals surface area contributed by atoms with Gasteiger partial charge in [0.1, 0.15) is 12.0 Å². The van der Waals surface area contributed by atoms with Gasteiger partial charge in [-0.1, -0.05) is 24.3 Å². The average molecular weight is 259 g/mol. The predicted molar refractivity (Wildman–Crippen MR) is 74.3 cm³/mol. The predicted octanol–water partition coefficient (Wildman–Crippen LogP) is 3.63. The van der Waals surface area contributed by atoms with Crippen molar-refractivity contribution >= 4 is 23.9 Å². The largest absolute Gasteiger partial charge is 0.495 e. The molecule has 0 atom stereocenters. The first-order valence-corrected chi connectivity index (χ1v) is 6.26. The van der Waals surface area contributed by atoms with Crippen molar-refractivity contribution in [2.75, 3.05) is 11.8 Å². The molecule has 4 heteroatoms. The SMILES string of the molecule is COc1ccccc1NSc1cccc(C=O)c1. The van der Waals surface area contributed by atoms with Crippen molar-refractivity contribution in [3.05, 3.63) is 54.1 Å². The number of hydrogen-bond acceptors (Lipinski definition) is 4. The number of rotatable bonds is 5. The highest BCUT2D eigenvalue weighted by molar-refractivity contribution is 8.00. The maximum absolute atomic E-state index is 10.7. The Morgan fingerprint density at radius 2 is 2.00 bits per heavy atom. The summed E-state index contributed by atoms with van der Waals surface area (Å²) in [7, 11) is 1.64. The third-order valence-corrected chi connectivity index (χ3v) is 3.19. The monoisotopic (exact) mass is 259 g/mol. The minimum Gasteiger partial charge on any atom is -0.495 e. The van der Waals surface area contributed by atoms with E-state index in [1.54, 1.807) is 13.2 Å². The average Bonchev–Trinajstić information content (AvgIpc) is 2.45. The summed E-state index contributed by atoms with van der Waals surface area (Å²) < 4.78 is 8.45. The Labute approximate surface area is 110 Å². The van der Waals surface area contributed by atoms with Crippen LogP contribution in [0, 0.1) is 0 Å². The van der Waals surface area contributed by atoms with Crippen LogP contribution >= 0.6 is 11.9 Å². The van der Waals surface area contributed by atoms with Crippen molar-refractivity contribution < 1.29 is 9.53 Å². The second kappa shape index (κ2) is 6.12. The Hall–Kier alpha value is -1.94. The van der Waals surface area contributed by atoms with E-state index in [0.29, 0.717) is 5.56 Å². The maximum atomic E-state index is 10.7. The molecule has 92 valence electrons. The van der Waals surface area contributed by atoms with Gasteiger partial charge in [0.2, 0.25) is 0 Å². The number of anilines is 1.